The van der Waals surface area contributed by atoms with E-state index in [0.29, 0.717) is 6.07 Å². The van der Waals surface area contributed by atoms with Crippen LogP contribution in [0.1, 0.15) is 11.1 Å². The quantitative estimate of drug-likeness (QED) is 0.380. The molecule has 26 heavy (non-hydrogen) atoms. The minimum absolute atomic E-state index is 0.0321. The van der Waals surface area contributed by atoms with E-state index < -0.39 is 46.2 Å². The predicted molar refractivity (Wildman–Crippen MR) is 83.7 cm³/mol. The maximum Gasteiger partial charge on any atom is 0.446 e. The molecule has 0 atom stereocenters. The number of rotatable bonds is 5. The Kier molecular flexibility index (Phi) is 6.49. The molecule has 0 spiro atoms. The molecular formula is C16H9F8S2. The smallest absolute Gasteiger partial charge is 0.207 e. The fourth-order valence-electron chi connectivity index (χ4n) is 1.98. The van der Waals surface area contributed by atoms with Crippen LogP contribution in [0.2, 0.25) is 0 Å². The standard InChI is InChI=1S/C16H9F8S2/c17-13-7-11(25-15(19,20)21)5-3-9(13)1-2-10-4-6-12(8-14(10)18)26-16(22,23)24/h1,3-8H,2H2. The first-order valence-electron chi connectivity index (χ1n) is 6.85. The van der Waals surface area contributed by atoms with E-state index in [4.69, 9.17) is 0 Å². The topological polar surface area (TPSA) is 0 Å². The number of hydrogen-bond donors (Lipinski definition) is 0. The average Bonchev–Trinajstić information content (AvgIpc) is 2.44. The zero-order valence-electron chi connectivity index (χ0n) is 12.6. The molecule has 1 radical (unpaired) electrons. The van der Waals surface area contributed by atoms with Gasteiger partial charge in [0, 0.05) is 9.79 Å². The van der Waals surface area contributed by atoms with E-state index in [1.165, 1.54) is 6.42 Å². The molecule has 0 saturated heterocycles. The fourth-order valence-corrected chi connectivity index (χ4v) is 3.11. The Morgan fingerprint density at radius 1 is 0.731 bits per heavy atom. The van der Waals surface area contributed by atoms with Crippen LogP contribution in [0.15, 0.2) is 46.2 Å². The Morgan fingerprint density at radius 3 is 1.69 bits per heavy atom. The summed E-state index contributed by atoms with van der Waals surface area (Å²) in [7, 11) is 0. The van der Waals surface area contributed by atoms with Gasteiger partial charge in [-0.25, -0.2) is 8.78 Å². The molecule has 0 amide bonds. The molecule has 2 aromatic carbocycles. The van der Waals surface area contributed by atoms with Gasteiger partial charge < -0.3 is 0 Å². The van der Waals surface area contributed by atoms with Crippen molar-refractivity contribution in [3.05, 3.63) is 65.6 Å². The van der Waals surface area contributed by atoms with Crippen LogP contribution in [0.25, 0.3) is 0 Å². The average molecular weight is 417 g/mol. The van der Waals surface area contributed by atoms with Crippen LogP contribution < -0.4 is 0 Å². The second kappa shape index (κ2) is 8.08. The lowest BCUT2D eigenvalue weighted by Gasteiger charge is -2.10. The van der Waals surface area contributed by atoms with Crippen LogP contribution in [0.4, 0.5) is 35.1 Å². The molecule has 0 aliphatic carbocycles. The fraction of sp³-hybridized carbons (Fsp3) is 0.188. The van der Waals surface area contributed by atoms with Crippen LogP contribution in [-0.4, -0.2) is 11.0 Å². The first-order chi connectivity index (χ1) is 11.9. The summed E-state index contributed by atoms with van der Waals surface area (Å²) in [4.78, 5) is -0.648. The van der Waals surface area contributed by atoms with Gasteiger partial charge in [-0.1, -0.05) is 12.1 Å². The van der Waals surface area contributed by atoms with Crippen LogP contribution in [-0.2, 0) is 6.42 Å². The predicted octanol–water partition coefficient (Wildman–Crippen LogP) is 6.98. The third kappa shape index (κ3) is 6.71. The summed E-state index contributed by atoms with van der Waals surface area (Å²) in [6, 6.07) is 5.86. The van der Waals surface area contributed by atoms with Crippen molar-refractivity contribution < 1.29 is 35.1 Å². The maximum atomic E-state index is 13.9. The van der Waals surface area contributed by atoms with Crippen molar-refractivity contribution in [2.24, 2.45) is 0 Å². The largest absolute Gasteiger partial charge is 0.446 e. The number of halogens is 8. The van der Waals surface area contributed by atoms with E-state index in [9.17, 15) is 35.1 Å². The third-order valence-corrected chi connectivity index (χ3v) is 4.45. The van der Waals surface area contributed by atoms with E-state index in [0.717, 1.165) is 30.3 Å². The third-order valence-electron chi connectivity index (χ3n) is 3.01. The number of hydrogen-bond acceptors (Lipinski definition) is 2. The van der Waals surface area contributed by atoms with Crippen molar-refractivity contribution in [1.82, 2.24) is 0 Å². The SMILES string of the molecule is Fc1cc(SC(F)(F)F)ccc1[CH]Cc1ccc(SC(F)(F)F)cc1F. The van der Waals surface area contributed by atoms with E-state index in [-0.39, 0.29) is 27.3 Å². The summed E-state index contributed by atoms with van der Waals surface area (Å²) in [6.07, 6.45) is 1.11. The van der Waals surface area contributed by atoms with Crippen LogP contribution >= 0.6 is 23.5 Å². The van der Waals surface area contributed by atoms with Gasteiger partial charge >= 0.3 is 11.0 Å². The summed E-state index contributed by atoms with van der Waals surface area (Å²) in [6.45, 7) is 0. The zero-order chi connectivity index (χ0) is 19.5. The molecule has 0 fully saturated rings. The van der Waals surface area contributed by atoms with E-state index in [1.807, 2.05) is 0 Å². The van der Waals surface area contributed by atoms with Gasteiger partial charge in [0.15, 0.2) is 0 Å². The molecule has 141 valence electrons. The molecule has 0 N–H and O–H groups in total. The highest BCUT2D eigenvalue weighted by Gasteiger charge is 2.30. The summed E-state index contributed by atoms with van der Waals surface area (Å²) >= 11 is -0.919. The monoisotopic (exact) mass is 417 g/mol. The van der Waals surface area contributed by atoms with Crippen molar-refractivity contribution >= 4 is 23.5 Å². The first kappa shape index (κ1) is 20.9. The molecule has 0 bridgehead atoms. The first-order valence-corrected chi connectivity index (χ1v) is 8.49. The van der Waals surface area contributed by atoms with Crippen molar-refractivity contribution in [1.29, 1.82) is 0 Å². The Balaban J connectivity index is 2.04. The molecule has 2 rings (SSSR count). The molecule has 0 saturated carbocycles. The van der Waals surface area contributed by atoms with E-state index in [1.54, 1.807) is 0 Å². The Bertz CT molecular complexity index is 702. The summed E-state index contributed by atoms with van der Waals surface area (Å²) in [5, 5.41) is 0. The molecular weight excluding hydrogens is 408 g/mol. The van der Waals surface area contributed by atoms with Crippen LogP contribution in [0, 0.1) is 18.1 Å². The highest BCUT2D eigenvalue weighted by atomic mass is 32.2. The molecule has 0 unspecified atom stereocenters. The molecule has 0 heterocycles. The van der Waals surface area contributed by atoms with E-state index in [2.05, 4.69) is 0 Å². The van der Waals surface area contributed by atoms with Gasteiger partial charge in [-0.15, -0.1) is 0 Å². The van der Waals surface area contributed by atoms with Crippen LogP contribution in [0.3, 0.4) is 0 Å². The van der Waals surface area contributed by atoms with E-state index >= 15 is 0 Å². The van der Waals surface area contributed by atoms with Crippen molar-refractivity contribution in [2.45, 2.75) is 27.2 Å². The second-order valence-corrected chi connectivity index (χ2v) is 7.22. The summed E-state index contributed by atoms with van der Waals surface area (Å²) in [5.41, 5.74) is -9.09. The normalized spacial score (nSPS) is 12.5. The lowest BCUT2D eigenvalue weighted by molar-refractivity contribution is -0.0337. The molecule has 0 aromatic heterocycles. The van der Waals surface area contributed by atoms with Gasteiger partial charge in [-0.3, -0.25) is 0 Å². The minimum atomic E-state index is -4.54. The van der Waals surface area contributed by atoms with Gasteiger partial charge in [0.1, 0.15) is 11.6 Å². The van der Waals surface area contributed by atoms with Crippen molar-refractivity contribution in [3.63, 3.8) is 0 Å². The molecule has 10 heteroatoms. The molecule has 2 aromatic rings. The number of alkyl halides is 6. The maximum absolute atomic E-state index is 13.9. The Morgan fingerprint density at radius 2 is 1.23 bits per heavy atom. The number of benzene rings is 2. The lowest BCUT2D eigenvalue weighted by atomic mass is 10.0. The van der Waals surface area contributed by atoms with Gasteiger partial charge in [0.2, 0.25) is 0 Å². The second-order valence-electron chi connectivity index (χ2n) is 4.94. The number of thioether (sulfide) groups is 2. The minimum Gasteiger partial charge on any atom is -0.207 e. The van der Waals surface area contributed by atoms with Gasteiger partial charge in [0.05, 0.1) is 0 Å². The van der Waals surface area contributed by atoms with Crippen molar-refractivity contribution in [3.8, 4) is 0 Å². The zero-order valence-corrected chi connectivity index (χ0v) is 14.2. The molecule has 0 aliphatic rings. The van der Waals surface area contributed by atoms with Crippen LogP contribution in [0.5, 0.6) is 0 Å². The van der Waals surface area contributed by atoms with Gasteiger partial charge in [0.25, 0.3) is 0 Å². The molecule has 0 nitrogen and oxygen atoms in total. The highest BCUT2D eigenvalue weighted by molar-refractivity contribution is 8.00. The summed E-state index contributed by atoms with van der Waals surface area (Å²) in [5.74, 6) is -1.80. The highest BCUT2D eigenvalue weighted by Crippen LogP contribution is 2.38. The Labute approximate surface area is 152 Å². The van der Waals surface area contributed by atoms with Gasteiger partial charge in [-0.2, -0.15) is 26.3 Å². The summed E-state index contributed by atoms with van der Waals surface area (Å²) < 4.78 is 101. The Hall–Kier alpha value is -1.42. The van der Waals surface area contributed by atoms with Gasteiger partial charge in [-0.05, 0) is 71.8 Å². The van der Waals surface area contributed by atoms with Crippen molar-refractivity contribution in [2.75, 3.05) is 0 Å². The lowest BCUT2D eigenvalue weighted by Crippen LogP contribution is -2.01. The molecule has 0 aliphatic heterocycles.